The molecule has 1 atom stereocenters. The first-order chi connectivity index (χ1) is 27.7. The summed E-state index contributed by atoms with van der Waals surface area (Å²) >= 11 is 1.83. The van der Waals surface area contributed by atoms with Gasteiger partial charge in [0.1, 0.15) is 0 Å². The van der Waals surface area contributed by atoms with Crippen molar-refractivity contribution >= 4 is 22.5 Å². The molecule has 0 fully saturated rings. The quantitative estimate of drug-likeness (QED) is 0.180. The van der Waals surface area contributed by atoms with Gasteiger partial charge in [-0.3, -0.25) is 0 Å². The molecule has 8 aromatic carbocycles. The SMILES string of the molecule is N#Cc1ccc(-c2cccc3c2Sc2ccccc2C32c3ccccc3-c3c2cc(-c2nc(-c4ccccc4)nc(-c4ccccc4)n2)c2ccccc32)cc1. The molecule has 56 heavy (non-hydrogen) atoms. The van der Waals surface area contributed by atoms with E-state index in [-0.39, 0.29) is 0 Å². The molecular formula is C51H30N4S. The van der Waals surface area contributed by atoms with Crippen molar-refractivity contribution < 1.29 is 0 Å². The average Bonchev–Trinajstić information content (AvgIpc) is 3.57. The van der Waals surface area contributed by atoms with Crippen LogP contribution in [-0.2, 0) is 5.41 Å². The summed E-state index contributed by atoms with van der Waals surface area (Å²) in [5.41, 5.74) is 12.5. The molecule has 5 heteroatoms. The Balaban J connectivity index is 1.26. The summed E-state index contributed by atoms with van der Waals surface area (Å²) in [7, 11) is 0. The average molecular weight is 731 g/mol. The molecule has 1 aliphatic carbocycles. The number of nitrogens with zero attached hydrogens (tertiary/aromatic N) is 4. The van der Waals surface area contributed by atoms with E-state index in [1.165, 1.54) is 43.2 Å². The normalized spacial score (nSPS) is 14.8. The lowest BCUT2D eigenvalue weighted by atomic mass is 9.66. The Morgan fingerprint density at radius 2 is 1.00 bits per heavy atom. The molecule has 9 aromatic rings. The first-order valence-corrected chi connectivity index (χ1v) is 19.5. The first-order valence-electron chi connectivity index (χ1n) is 18.7. The van der Waals surface area contributed by atoms with Crippen molar-refractivity contribution in [2.75, 3.05) is 0 Å². The Kier molecular flexibility index (Phi) is 7.35. The van der Waals surface area contributed by atoms with Gasteiger partial charge in [0.05, 0.1) is 17.0 Å². The van der Waals surface area contributed by atoms with E-state index in [0.29, 0.717) is 23.0 Å². The molecule has 0 radical (unpaired) electrons. The summed E-state index contributed by atoms with van der Waals surface area (Å²) in [5.74, 6) is 1.90. The van der Waals surface area contributed by atoms with Gasteiger partial charge < -0.3 is 0 Å². The van der Waals surface area contributed by atoms with Crippen LogP contribution in [0.25, 0.3) is 67.2 Å². The second-order valence-electron chi connectivity index (χ2n) is 14.2. The summed E-state index contributed by atoms with van der Waals surface area (Å²) in [5, 5.41) is 11.8. The molecule has 4 nitrogen and oxygen atoms in total. The molecular weight excluding hydrogens is 701 g/mol. The van der Waals surface area contributed by atoms with E-state index in [1.807, 2.05) is 60.3 Å². The topological polar surface area (TPSA) is 62.5 Å². The molecule has 0 N–H and O–H groups in total. The van der Waals surface area contributed by atoms with E-state index in [4.69, 9.17) is 15.0 Å². The molecule has 11 rings (SSSR count). The minimum absolute atomic E-state index is 0.632. The number of hydrogen-bond acceptors (Lipinski definition) is 5. The number of fused-ring (bicyclic) bond motifs is 11. The van der Waals surface area contributed by atoms with Gasteiger partial charge in [-0.25, -0.2) is 15.0 Å². The van der Waals surface area contributed by atoms with Gasteiger partial charge in [0, 0.05) is 26.5 Å². The number of hydrogen-bond donors (Lipinski definition) is 0. The van der Waals surface area contributed by atoms with Gasteiger partial charge >= 0.3 is 0 Å². The molecule has 1 aromatic heterocycles. The van der Waals surface area contributed by atoms with Crippen LogP contribution in [0, 0.1) is 11.3 Å². The van der Waals surface area contributed by atoms with Crippen molar-refractivity contribution in [1.29, 1.82) is 5.26 Å². The van der Waals surface area contributed by atoms with Gasteiger partial charge in [0.15, 0.2) is 17.5 Å². The zero-order valence-electron chi connectivity index (χ0n) is 30.0. The van der Waals surface area contributed by atoms with Crippen molar-refractivity contribution in [1.82, 2.24) is 15.0 Å². The lowest BCUT2D eigenvalue weighted by Crippen LogP contribution is -2.32. The highest BCUT2D eigenvalue weighted by atomic mass is 32.2. The summed E-state index contributed by atoms with van der Waals surface area (Å²) in [6, 6.07) is 66.2. The van der Waals surface area contributed by atoms with Crippen molar-refractivity contribution in [2.24, 2.45) is 0 Å². The zero-order valence-corrected chi connectivity index (χ0v) is 30.8. The molecule has 260 valence electrons. The van der Waals surface area contributed by atoms with Crippen LogP contribution in [0.2, 0.25) is 0 Å². The van der Waals surface area contributed by atoms with Gasteiger partial charge in [-0.15, -0.1) is 0 Å². The fourth-order valence-corrected chi connectivity index (χ4v) is 10.2. The Labute approximate surface area is 328 Å². The summed E-state index contributed by atoms with van der Waals surface area (Å²) < 4.78 is 0. The maximum Gasteiger partial charge on any atom is 0.164 e. The third-order valence-corrected chi connectivity index (χ3v) is 12.5. The van der Waals surface area contributed by atoms with E-state index in [0.717, 1.165) is 38.6 Å². The number of nitriles is 1. The molecule has 0 amide bonds. The predicted molar refractivity (Wildman–Crippen MR) is 225 cm³/mol. The van der Waals surface area contributed by atoms with E-state index >= 15 is 0 Å². The van der Waals surface area contributed by atoms with E-state index in [2.05, 4.69) is 140 Å². The minimum Gasteiger partial charge on any atom is -0.208 e. The number of aromatic nitrogens is 3. The van der Waals surface area contributed by atoms with E-state index in [9.17, 15) is 5.26 Å². The Hall–Kier alpha value is -7.13. The second kappa shape index (κ2) is 12.7. The number of rotatable bonds is 4. The lowest BCUT2D eigenvalue weighted by Gasteiger charge is -2.40. The van der Waals surface area contributed by atoms with Crippen LogP contribution in [0.4, 0.5) is 0 Å². The monoisotopic (exact) mass is 730 g/mol. The fourth-order valence-electron chi connectivity index (χ4n) is 8.84. The third-order valence-electron chi connectivity index (χ3n) is 11.2. The molecule has 0 saturated heterocycles. The van der Waals surface area contributed by atoms with Crippen LogP contribution in [0.15, 0.2) is 192 Å². The maximum absolute atomic E-state index is 9.59. The van der Waals surface area contributed by atoms with Crippen LogP contribution < -0.4 is 0 Å². The van der Waals surface area contributed by atoms with Crippen molar-refractivity contribution in [3.8, 4) is 62.5 Å². The van der Waals surface area contributed by atoms with E-state index in [1.54, 1.807) is 0 Å². The van der Waals surface area contributed by atoms with Gasteiger partial charge in [0.2, 0.25) is 0 Å². The van der Waals surface area contributed by atoms with Gasteiger partial charge in [-0.2, -0.15) is 5.26 Å². The molecule has 1 aliphatic heterocycles. The van der Waals surface area contributed by atoms with Crippen LogP contribution in [0.1, 0.15) is 27.8 Å². The first kappa shape index (κ1) is 32.3. The molecule has 1 spiro atoms. The highest BCUT2D eigenvalue weighted by molar-refractivity contribution is 7.99. The van der Waals surface area contributed by atoms with Gasteiger partial charge in [-0.1, -0.05) is 169 Å². The van der Waals surface area contributed by atoms with Crippen LogP contribution in [0.3, 0.4) is 0 Å². The van der Waals surface area contributed by atoms with Gasteiger partial charge in [-0.05, 0) is 79.5 Å². The zero-order chi connectivity index (χ0) is 37.2. The maximum atomic E-state index is 9.59. The van der Waals surface area contributed by atoms with E-state index < -0.39 is 5.41 Å². The molecule has 2 aliphatic rings. The largest absolute Gasteiger partial charge is 0.208 e. The highest BCUT2D eigenvalue weighted by Crippen LogP contribution is 2.64. The predicted octanol–water partition coefficient (Wildman–Crippen LogP) is 12.4. The molecule has 0 saturated carbocycles. The molecule has 2 heterocycles. The van der Waals surface area contributed by atoms with Crippen LogP contribution in [-0.4, -0.2) is 15.0 Å². The van der Waals surface area contributed by atoms with Crippen LogP contribution in [0.5, 0.6) is 0 Å². The Morgan fingerprint density at radius 1 is 0.429 bits per heavy atom. The number of benzene rings is 8. The van der Waals surface area contributed by atoms with Crippen LogP contribution >= 0.6 is 11.8 Å². The minimum atomic E-state index is -0.637. The van der Waals surface area contributed by atoms with Crippen molar-refractivity contribution in [3.63, 3.8) is 0 Å². The standard InChI is InChI=1S/C51H30N4S/c52-31-32-26-28-33(29-27-32)36-21-13-24-43-47(36)56-45-25-12-11-23-42(45)51(43)41-22-10-9-20-39(41)46-38-19-8-7-18-37(38)40(30-44(46)51)50-54-48(34-14-3-1-4-15-34)53-49(55-50)35-16-5-2-6-17-35/h1-30H. The third kappa shape index (κ3) is 4.76. The second-order valence-corrected chi connectivity index (χ2v) is 15.2. The fraction of sp³-hybridized carbons (Fsp3) is 0.0196. The summed E-state index contributed by atoms with van der Waals surface area (Å²) in [6.45, 7) is 0. The van der Waals surface area contributed by atoms with Gasteiger partial charge in [0.25, 0.3) is 0 Å². The lowest BCUT2D eigenvalue weighted by molar-refractivity contribution is 0.724. The smallest absolute Gasteiger partial charge is 0.164 e. The Bertz CT molecular complexity index is 3000. The highest BCUT2D eigenvalue weighted by Gasteiger charge is 2.51. The van der Waals surface area contributed by atoms with Crippen molar-refractivity contribution in [3.05, 3.63) is 210 Å². The molecule has 0 bridgehead atoms. The van der Waals surface area contributed by atoms with Crippen molar-refractivity contribution in [2.45, 2.75) is 15.2 Å². The summed E-state index contributed by atoms with van der Waals surface area (Å²) in [4.78, 5) is 18.0. The molecule has 1 unspecified atom stereocenters. The Morgan fingerprint density at radius 3 is 1.71 bits per heavy atom. The summed E-state index contributed by atoms with van der Waals surface area (Å²) in [6.07, 6.45) is 0.